The summed E-state index contributed by atoms with van der Waals surface area (Å²) in [5.74, 6) is -2.59. The first-order valence-corrected chi connectivity index (χ1v) is 14.2. The van der Waals surface area contributed by atoms with Crippen LogP contribution in [0.4, 0.5) is 11.4 Å². The molecule has 0 unspecified atom stereocenters. The summed E-state index contributed by atoms with van der Waals surface area (Å²) < 4.78 is 0. The highest BCUT2D eigenvalue weighted by molar-refractivity contribution is 5.98. The lowest BCUT2D eigenvalue weighted by Crippen LogP contribution is -2.47. The van der Waals surface area contributed by atoms with Crippen molar-refractivity contribution in [2.45, 2.75) is 65.2 Å². The zero-order chi connectivity index (χ0) is 30.5. The minimum atomic E-state index is -0.491. The van der Waals surface area contributed by atoms with Gasteiger partial charge in [0.1, 0.15) is 0 Å². The molecule has 2 aromatic rings. The number of carbonyl (C=O) groups excluding carboxylic acids is 6. The Labute approximate surface area is 244 Å². The van der Waals surface area contributed by atoms with Crippen LogP contribution in [0.1, 0.15) is 85.9 Å². The standard InChI is InChI=1S/C30H38N6O6/c1-3-5-25(37)31-23-15-11-21(12-16-23)29(41)35-33-27(39)19-7-9-20(10-8-19)28(40)34-36-30(42)22-13-17-24(18-14-22)32-26(38)6-4-2/h11-20H,3-10H2,1-2H3,(H,31,37)(H,32,38)(H,33,39)(H,34,40)(H,35,41)(H,36,42). The SMILES string of the molecule is CCCC(=O)Nc1ccc(C(=O)NNC(=O)C2CCC(C(=O)NNC(=O)c3ccc(NC(=O)CCC)cc3)CC2)cc1. The Morgan fingerprint density at radius 2 is 0.881 bits per heavy atom. The highest BCUT2D eigenvalue weighted by Gasteiger charge is 2.30. The molecule has 12 heteroatoms. The molecule has 0 heterocycles. The molecule has 0 saturated heterocycles. The van der Waals surface area contributed by atoms with Gasteiger partial charge in [0.25, 0.3) is 11.8 Å². The van der Waals surface area contributed by atoms with Gasteiger partial charge in [-0.05, 0) is 87.1 Å². The van der Waals surface area contributed by atoms with E-state index in [1.807, 2.05) is 13.8 Å². The van der Waals surface area contributed by atoms with Gasteiger partial charge < -0.3 is 10.6 Å². The smallest absolute Gasteiger partial charge is 0.269 e. The van der Waals surface area contributed by atoms with E-state index in [-0.39, 0.29) is 35.5 Å². The average Bonchev–Trinajstić information content (AvgIpc) is 2.99. The van der Waals surface area contributed by atoms with Crippen molar-refractivity contribution in [2.75, 3.05) is 10.6 Å². The van der Waals surface area contributed by atoms with Crippen molar-refractivity contribution in [3.63, 3.8) is 0 Å². The molecule has 1 aliphatic rings. The molecule has 0 bridgehead atoms. The highest BCUT2D eigenvalue weighted by Crippen LogP contribution is 2.29. The lowest BCUT2D eigenvalue weighted by molar-refractivity contribution is -0.131. The molecule has 0 atom stereocenters. The highest BCUT2D eigenvalue weighted by atomic mass is 16.2. The van der Waals surface area contributed by atoms with Gasteiger partial charge in [0.2, 0.25) is 23.6 Å². The summed E-state index contributed by atoms with van der Waals surface area (Å²) in [6.07, 6.45) is 4.09. The average molecular weight is 579 g/mol. The number of amides is 6. The molecular weight excluding hydrogens is 540 g/mol. The lowest BCUT2D eigenvalue weighted by atomic mass is 9.81. The molecule has 0 aliphatic heterocycles. The van der Waals surface area contributed by atoms with Crippen LogP contribution in [0.5, 0.6) is 0 Å². The van der Waals surface area contributed by atoms with E-state index in [9.17, 15) is 28.8 Å². The van der Waals surface area contributed by atoms with Crippen LogP contribution in [0.15, 0.2) is 48.5 Å². The molecule has 0 aromatic heterocycles. The summed E-state index contributed by atoms with van der Waals surface area (Å²) in [4.78, 5) is 73.4. The molecule has 1 fully saturated rings. The van der Waals surface area contributed by atoms with Crippen molar-refractivity contribution in [2.24, 2.45) is 11.8 Å². The normalized spacial score (nSPS) is 16.0. The van der Waals surface area contributed by atoms with E-state index in [2.05, 4.69) is 32.3 Å². The summed E-state index contributed by atoms with van der Waals surface area (Å²) in [6.45, 7) is 3.82. The maximum Gasteiger partial charge on any atom is 0.269 e. The van der Waals surface area contributed by atoms with E-state index < -0.39 is 11.8 Å². The molecule has 2 aromatic carbocycles. The van der Waals surface area contributed by atoms with Crippen molar-refractivity contribution in [3.8, 4) is 0 Å². The van der Waals surface area contributed by atoms with Gasteiger partial charge in [-0.25, -0.2) is 0 Å². The van der Waals surface area contributed by atoms with Gasteiger partial charge in [-0.3, -0.25) is 50.5 Å². The van der Waals surface area contributed by atoms with E-state index in [4.69, 9.17) is 0 Å². The van der Waals surface area contributed by atoms with E-state index >= 15 is 0 Å². The number of rotatable bonds is 10. The number of carbonyl (C=O) groups is 6. The van der Waals surface area contributed by atoms with E-state index in [1.165, 1.54) is 0 Å². The van der Waals surface area contributed by atoms with Crippen LogP contribution in [0.3, 0.4) is 0 Å². The monoisotopic (exact) mass is 578 g/mol. The largest absolute Gasteiger partial charge is 0.326 e. The third-order valence-corrected chi connectivity index (χ3v) is 6.88. The first-order chi connectivity index (χ1) is 20.2. The van der Waals surface area contributed by atoms with Gasteiger partial charge in [-0.1, -0.05) is 13.8 Å². The second-order valence-electron chi connectivity index (χ2n) is 10.2. The third-order valence-electron chi connectivity index (χ3n) is 6.88. The fraction of sp³-hybridized carbons (Fsp3) is 0.400. The number of benzene rings is 2. The second kappa shape index (κ2) is 15.9. The molecule has 224 valence electrons. The van der Waals surface area contributed by atoms with Crippen LogP contribution in [0.25, 0.3) is 0 Å². The lowest BCUT2D eigenvalue weighted by Gasteiger charge is -2.27. The Kier molecular flexibility index (Phi) is 12.0. The van der Waals surface area contributed by atoms with Gasteiger partial charge >= 0.3 is 0 Å². The predicted molar refractivity (Wildman–Crippen MR) is 157 cm³/mol. The van der Waals surface area contributed by atoms with Crippen LogP contribution < -0.4 is 32.3 Å². The Balaban J connectivity index is 1.36. The molecule has 3 rings (SSSR count). The van der Waals surface area contributed by atoms with Crippen molar-refractivity contribution < 1.29 is 28.8 Å². The molecule has 6 N–H and O–H groups in total. The Bertz CT molecular complexity index is 1170. The van der Waals surface area contributed by atoms with Crippen molar-refractivity contribution >= 4 is 46.8 Å². The maximum atomic E-state index is 12.6. The zero-order valence-electron chi connectivity index (χ0n) is 23.9. The molecular formula is C30H38N6O6. The third kappa shape index (κ3) is 9.72. The number of hydrogen-bond donors (Lipinski definition) is 6. The fourth-order valence-corrected chi connectivity index (χ4v) is 4.51. The number of hydrazine groups is 2. The Morgan fingerprint density at radius 3 is 1.19 bits per heavy atom. The number of anilines is 2. The topological polar surface area (TPSA) is 175 Å². The molecule has 42 heavy (non-hydrogen) atoms. The minimum absolute atomic E-state index is 0.101. The van der Waals surface area contributed by atoms with Gasteiger partial charge in [0, 0.05) is 47.2 Å². The molecule has 6 amide bonds. The molecule has 1 aliphatic carbocycles. The maximum absolute atomic E-state index is 12.6. The minimum Gasteiger partial charge on any atom is -0.326 e. The summed E-state index contributed by atoms with van der Waals surface area (Å²) in [5, 5.41) is 5.49. The van der Waals surface area contributed by atoms with Crippen molar-refractivity contribution in [3.05, 3.63) is 59.7 Å². The van der Waals surface area contributed by atoms with Crippen LogP contribution >= 0.6 is 0 Å². The quantitative estimate of drug-likeness (QED) is 0.236. The Morgan fingerprint density at radius 1 is 0.548 bits per heavy atom. The first-order valence-electron chi connectivity index (χ1n) is 14.2. The fourth-order valence-electron chi connectivity index (χ4n) is 4.51. The predicted octanol–water partition coefficient (Wildman–Crippen LogP) is 3.19. The molecule has 0 radical (unpaired) electrons. The zero-order valence-corrected chi connectivity index (χ0v) is 23.9. The van der Waals surface area contributed by atoms with Gasteiger partial charge in [-0.2, -0.15) is 0 Å². The van der Waals surface area contributed by atoms with Crippen molar-refractivity contribution in [1.82, 2.24) is 21.7 Å². The van der Waals surface area contributed by atoms with Gasteiger partial charge in [-0.15, -0.1) is 0 Å². The first kappa shape index (κ1) is 31.8. The molecule has 1 saturated carbocycles. The Hall–Kier alpha value is -4.74. The number of nitrogens with one attached hydrogen (secondary N) is 6. The second-order valence-corrected chi connectivity index (χ2v) is 10.2. The van der Waals surface area contributed by atoms with Crippen LogP contribution in [-0.4, -0.2) is 35.4 Å². The molecule has 0 spiro atoms. The van der Waals surface area contributed by atoms with Crippen molar-refractivity contribution in [1.29, 1.82) is 0 Å². The van der Waals surface area contributed by atoms with Crippen LogP contribution in [0.2, 0.25) is 0 Å². The molecule has 12 nitrogen and oxygen atoms in total. The van der Waals surface area contributed by atoms with E-state index in [0.717, 1.165) is 12.8 Å². The van der Waals surface area contributed by atoms with Gasteiger partial charge in [0.15, 0.2) is 0 Å². The van der Waals surface area contributed by atoms with Crippen LogP contribution in [0, 0.1) is 11.8 Å². The van der Waals surface area contributed by atoms with E-state index in [1.54, 1.807) is 48.5 Å². The van der Waals surface area contributed by atoms with Crippen LogP contribution in [-0.2, 0) is 19.2 Å². The number of hydrogen-bond acceptors (Lipinski definition) is 6. The van der Waals surface area contributed by atoms with E-state index in [0.29, 0.717) is 61.0 Å². The van der Waals surface area contributed by atoms with Gasteiger partial charge in [0.05, 0.1) is 0 Å². The summed E-state index contributed by atoms with van der Waals surface area (Å²) >= 11 is 0. The summed E-state index contributed by atoms with van der Waals surface area (Å²) in [6, 6.07) is 12.7. The summed E-state index contributed by atoms with van der Waals surface area (Å²) in [5.41, 5.74) is 11.5. The summed E-state index contributed by atoms with van der Waals surface area (Å²) in [7, 11) is 0.